The number of rotatable bonds is 8. The van der Waals surface area contributed by atoms with E-state index in [1.54, 1.807) is 13.2 Å². The summed E-state index contributed by atoms with van der Waals surface area (Å²) in [5.74, 6) is 0.179. The summed E-state index contributed by atoms with van der Waals surface area (Å²) < 4.78 is 26.4. The van der Waals surface area contributed by atoms with Gasteiger partial charge in [-0.1, -0.05) is 0 Å². The minimum absolute atomic E-state index is 0.243. The average molecular weight is 407 g/mol. The van der Waals surface area contributed by atoms with Gasteiger partial charge in [-0.15, -0.1) is 0 Å². The van der Waals surface area contributed by atoms with E-state index in [0.717, 1.165) is 23.9 Å². The standard InChI is InChI=1S/C14H19FIN3O2/c1-20-6-7-21-5-3-2-4-19-13-8-10(15)11(16)9-12(13)18-14(19)17/h8-9H,2-7H2,1H3,(H2,17,18). The Morgan fingerprint density at radius 2 is 2.10 bits per heavy atom. The molecule has 7 heteroatoms. The van der Waals surface area contributed by atoms with Crippen LogP contribution in [0.2, 0.25) is 0 Å². The zero-order valence-electron chi connectivity index (χ0n) is 11.9. The van der Waals surface area contributed by atoms with Gasteiger partial charge in [0, 0.05) is 26.3 Å². The first-order chi connectivity index (χ1) is 10.1. The molecule has 21 heavy (non-hydrogen) atoms. The molecule has 0 spiro atoms. The van der Waals surface area contributed by atoms with Crippen LogP contribution in [-0.4, -0.2) is 36.5 Å². The van der Waals surface area contributed by atoms with Crippen molar-refractivity contribution in [2.45, 2.75) is 19.4 Å². The fraction of sp³-hybridized carbons (Fsp3) is 0.500. The van der Waals surface area contributed by atoms with Crippen LogP contribution in [0.3, 0.4) is 0 Å². The molecule has 0 saturated carbocycles. The van der Waals surface area contributed by atoms with Gasteiger partial charge in [0.05, 0.1) is 27.8 Å². The molecule has 2 N–H and O–H groups in total. The van der Waals surface area contributed by atoms with E-state index < -0.39 is 0 Å². The van der Waals surface area contributed by atoms with Crippen molar-refractivity contribution in [3.63, 3.8) is 0 Å². The van der Waals surface area contributed by atoms with Crippen LogP contribution in [0.5, 0.6) is 0 Å². The molecule has 0 aliphatic heterocycles. The first-order valence-corrected chi connectivity index (χ1v) is 7.89. The topological polar surface area (TPSA) is 62.3 Å². The minimum atomic E-state index is -0.243. The second kappa shape index (κ2) is 7.90. The lowest BCUT2D eigenvalue weighted by atomic mass is 10.3. The molecule has 116 valence electrons. The van der Waals surface area contributed by atoms with E-state index in [2.05, 4.69) is 4.98 Å². The van der Waals surface area contributed by atoms with Gasteiger partial charge in [-0.05, 0) is 41.5 Å². The number of halogens is 2. The highest BCUT2D eigenvalue weighted by atomic mass is 127. The largest absolute Gasteiger partial charge is 0.382 e. The van der Waals surface area contributed by atoms with Crippen molar-refractivity contribution in [2.24, 2.45) is 0 Å². The van der Waals surface area contributed by atoms with Gasteiger partial charge in [0.25, 0.3) is 0 Å². The number of nitrogens with two attached hydrogens (primary N) is 1. The van der Waals surface area contributed by atoms with Crippen LogP contribution >= 0.6 is 22.6 Å². The summed E-state index contributed by atoms with van der Waals surface area (Å²) in [6, 6.07) is 3.21. The molecule has 0 amide bonds. The SMILES string of the molecule is COCCOCCCCn1c(N)nc2cc(I)c(F)cc21. The predicted octanol–water partition coefficient (Wildman–Crippen LogP) is 2.81. The first-order valence-electron chi connectivity index (χ1n) is 6.81. The molecule has 2 rings (SSSR count). The van der Waals surface area contributed by atoms with Gasteiger partial charge < -0.3 is 19.8 Å². The van der Waals surface area contributed by atoms with Crippen LogP contribution in [0.25, 0.3) is 11.0 Å². The van der Waals surface area contributed by atoms with Crippen molar-refractivity contribution in [1.29, 1.82) is 0 Å². The lowest BCUT2D eigenvalue weighted by Gasteiger charge is -2.07. The van der Waals surface area contributed by atoms with Gasteiger partial charge in [0.2, 0.25) is 5.95 Å². The molecule has 0 atom stereocenters. The maximum absolute atomic E-state index is 13.7. The molecule has 1 aromatic carbocycles. The Morgan fingerprint density at radius 3 is 2.86 bits per heavy atom. The predicted molar refractivity (Wildman–Crippen MR) is 88.7 cm³/mol. The third kappa shape index (κ3) is 4.27. The first kappa shape index (κ1) is 16.4. The van der Waals surface area contributed by atoms with E-state index in [-0.39, 0.29) is 5.82 Å². The van der Waals surface area contributed by atoms with Crippen molar-refractivity contribution in [3.05, 3.63) is 21.5 Å². The van der Waals surface area contributed by atoms with E-state index in [0.29, 0.717) is 35.9 Å². The second-order valence-corrected chi connectivity index (χ2v) is 5.85. The molecule has 1 heterocycles. The summed E-state index contributed by atoms with van der Waals surface area (Å²) in [5.41, 5.74) is 7.39. The summed E-state index contributed by atoms with van der Waals surface area (Å²) in [4.78, 5) is 4.28. The summed E-state index contributed by atoms with van der Waals surface area (Å²) in [6.45, 7) is 2.60. The molecule has 0 bridgehead atoms. The van der Waals surface area contributed by atoms with Crippen LogP contribution in [0, 0.1) is 9.39 Å². The normalized spacial score (nSPS) is 11.4. The Kier molecular flexibility index (Phi) is 6.19. The van der Waals surface area contributed by atoms with Crippen LogP contribution in [0.4, 0.5) is 10.3 Å². The second-order valence-electron chi connectivity index (χ2n) is 4.69. The number of aryl methyl sites for hydroxylation is 1. The molecule has 0 aliphatic rings. The number of methoxy groups -OCH3 is 1. The summed E-state index contributed by atoms with van der Waals surface area (Å²) in [6.07, 6.45) is 1.81. The summed E-state index contributed by atoms with van der Waals surface area (Å²) in [7, 11) is 1.65. The van der Waals surface area contributed by atoms with Crippen molar-refractivity contribution in [2.75, 3.05) is 32.7 Å². The van der Waals surface area contributed by atoms with E-state index in [1.807, 2.05) is 27.2 Å². The highest BCUT2D eigenvalue weighted by Gasteiger charge is 2.11. The van der Waals surface area contributed by atoms with E-state index in [1.165, 1.54) is 6.07 Å². The van der Waals surface area contributed by atoms with Gasteiger partial charge in [0.1, 0.15) is 5.82 Å². The number of unbranched alkanes of at least 4 members (excludes halogenated alkanes) is 1. The average Bonchev–Trinajstić information content (AvgIpc) is 2.74. The van der Waals surface area contributed by atoms with E-state index in [9.17, 15) is 4.39 Å². The van der Waals surface area contributed by atoms with Gasteiger partial charge in [0.15, 0.2) is 0 Å². The number of fused-ring (bicyclic) bond motifs is 1. The number of aromatic nitrogens is 2. The van der Waals surface area contributed by atoms with Crippen molar-refractivity contribution < 1.29 is 13.9 Å². The van der Waals surface area contributed by atoms with Gasteiger partial charge >= 0.3 is 0 Å². The monoisotopic (exact) mass is 407 g/mol. The maximum Gasteiger partial charge on any atom is 0.201 e. The summed E-state index contributed by atoms with van der Waals surface area (Å²) >= 11 is 1.95. The molecular weight excluding hydrogens is 388 g/mol. The third-order valence-corrected chi connectivity index (χ3v) is 4.00. The lowest BCUT2D eigenvalue weighted by molar-refractivity contribution is 0.0684. The zero-order chi connectivity index (χ0) is 15.2. The quantitative estimate of drug-likeness (QED) is 0.540. The van der Waals surface area contributed by atoms with E-state index >= 15 is 0 Å². The van der Waals surface area contributed by atoms with Crippen LogP contribution in [0.1, 0.15) is 12.8 Å². The number of anilines is 1. The Bertz CT molecular complexity index is 603. The van der Waals surface area contributed by atoms with Crippen molar-refractivity contribution in [3.8, 4) is 0 Å². The number of benzene rings is 1. The number of imidazole rings is 1. The molecule has 0 unspecified atom stereocenters. The van der Waals surface area contributed by atoms with Gasteiger partial charge in [-0.3, -0.25) is 0 Å². The zero-order valence-corrected chi connectivity index (χ0v) is 14.1. The number of nitrogen functional groups attached to an aromatic ring is 1. The smallest absolute Gasteiger partial charge is 0.201 e. The molecule has 0 radical (unpaired) electrons. The van der Waals surface area contributed by atoms with Crippen LogP contribution in [-0.2, 0) is 16.0 Å². The lowest BCUT2D eigenvalue weighted by Crippen LogP contribution is -2.06. The number of nitrogens with zero attached hydrogens (tertiary/aromatic N) is 2. The molecule has 2 aromatic rings. The Morgan fingerprint density at radius 1 is 1.29 bits per heavy atom. The molecule has 5 nitrogen and oxygen atoms in total. The van der Waals surface area contributed by atoms with Gasteiger partial charge in [-0.25, -0.2) is 9.37 Å². The van der Waals surface area contributed by atoms with Crippen LogP contribution < -0.4 is 5.73 Å². The summed E-state index contributed by atoms with van der Waals surface area (Å²) in [5, 5.41) is 0. The van der Waals surface area contributed by atoms with Crippen molar-refractivity contribution in [1.82, 2.24) is 9.55 Å². The fourth-order valence-electron chi connectivity index (χ4n) is 2.09. The van der Waals surface area contributed by atoms with Crippen molar-refractivity contribution >= 4 is 39.6 Å². The third-order valence-electron chi connectivity index (χ3n) is 3.17. The Labute approximate surface area is 136 Å². The number of hydrogen-bond acceptors (Lipinski definition) is 4. The molecule has 1 aromatic heterocycles. The van der Waals surface area contributed by atoms with Crippen LogP contribution in [0.15, 0.2) is 12.1 Å². The Balaban J connectivity index is 1.93. The fourth-order valence-corrected chi connectivity index (χ4v) is 2.54. The van der Waals surface area contributed by atoms with Gasteiger partial charge in [-0.2, -0.15) is 0 Å². The highest BCUT2D eigenvalue weighted by molar-refractivity contribution is 14.1. The molecular formula is C14H19FIN3O2. The number of ether oxygens (including phenoxy) is 2. The molecule has 0 saturated heterocycles. The molecule has 0 fully saturated rings. The number of hydrogen-bond donors (Lipinski definition) is 1. The highest BCUT2D eigenvalue weighted by Crippen LogP contribution is 2.23. The molecule has 0 aliphatic carbocycles. The Hall–Kier alpha value is -0.930. The minimum Gasteiger partial charge on any atom is -0.382 e. The maximum atomic E-state index is 13.7. The van der Waals surface area contributed by atoms with E-state index in [4.69, 9.17) is 15.2 Å².